The molecule has 1 fully saturated rings. The summed E-state index contributed by atoms with van der Waals surface area (Å²) in [6.45, 7) is 0.769. The molecule has 1 aliphatic rings. The molecule has 0 saturated heterocycles. The maximum Gasteiger partial charge on any atom is 0.220 e. The van der Waals surface area contributed by atoms with Gasteiger partial charge < -0.3 is 15.5 Å². The summed E-state index contributed by atoms with van der Waals surface area (Å²) in [7, 11) is 0. The Balaban J connectivity index is 1.58. The van der Waals surface area contributed by atoms with Gasteiger partial charge in [-0.25, -0.2) is 0 Å². The first kappa shape index (κ1) is 11.2. The first-order valence-electron chi connectivity index (χ1n) is 5.78. The van der Waals surface area contributed by atoms with Crippen LogP contribution in [0, 0.1) is 5.92 Å². The van der Waals surface area contributed by atoms with Crippen molar-refractivity contribution in [2.45, 2.75) is 31.7 Å². The van der Waals surface area contributed by atoms with Gasteiger partial charge in [-0.3, -0.25) is 4.79 Å². The Morgan fingerprint density at radius 3 is 3.00 bits per heavy atom. The van der Waals surface area contributed by atoms with Crippen molar-refractivity contribution >= 4 is 5.91 Å². The molecule has 3 N–H and O–H groups in total. The normalized spacial score (nSPS) is 23.8. The van der Waals surface area contributed by atoms with E-state index in [-0.39, 0.29) is 5.91 Å². The van der Waals surface area contributed by atoms with E-state index in [4.69, 9.17) is 10.2 Å². The maximum atomic E-state index is 11.5. The van der Waals surface area contributed by atoms with E-state index < -0.39 is 0 Å². The number of rotatable bonds is 5. The van der Waals surface area contributed by atoms with Gasteiger partial charge in [0.2, 0.25) is 5.91 Å². The number of nitrogens with one attached hydrogen (secondary N) is 1. The lowest BCUT2D eigenvalue weighted by molar-refractivity contribution is -0.121. The Kier molecular flexibility index (Phi) is 3.62. The van der Waals surface area contributed by atoms with Gasteiger partial charge in [0, 0.05) is 25.4 Å². The Morgan fingerprint density at radius 1 is 1.56 bits per heavy atom. The van der Waals surface area contributed by atoms with E-state index in [1.54, 1.807) is 6.26 Å². The Labute approximate surface area is 95.2 Å². The lowest BCUT2D eigenvalue weighted by Gasteiger charge is -2.32. The molecule has 0 spiro atoms. The van der Waals surface area contributed by atoms with Crippen molar-refractivity contribution in [2.75, 3.05) is 6.54 Å². The zero-order valence-electron chi connectivity index (χ0n) is 9.32. The van der Waals surface area contributed by atoms with Gasteiger partial charge in [-0.1, -0.05) is 0 Å². The highest BCUT2D eigenvalue weighted by Gasteiger charge is 2.25. The van der Waals surface area contributed by atoms with Crippen LogP contribution in [0.5, 0.6) is 0 Å². The molecule has 0 unspecified atom stereocenters. The van der Waals surface area contributed by atoms with E-state index in [0.717, 1.165) is 25.1 Å². The molecule has 4 heteroatoms. The monoisotopic (exact) mass is 222 g/mol. The summed E-state index contributed by atoms with van der Waals surface area (Å²) in [6.07, 6.45) is 4.87. The molecule has 16 heavy (non-hydrogen) atoms. The molecule has 4 nitrogen and oxygen atoms in total. The second-order valence-electron chi connectivity index (χ2n) is 4.48. The van der Waals surface area contributed by atoms with Crippen LogP contribution >= 0.6 is 0 Å². The van der Waals surface area contributed by atoms with Crippen molar-refractivity contribution in [2.24, 2.45) is 11.7 Å². The molecule has 0 bridgehead atoms. The molecule has 0 aliphatic heterocycles. The van der Waals surface area contributed by atoms with Crippen LogP contribution in [-0.2, 0) is 11.2 Å². The van der Waals surface area contributed by atoms with Crippen molar-refractivity contribution in [1.29, 1.82) is 0 Å². The van der Waals surface area contributed by atoms with Gasteiger partial charge in [-0.15, -0.1) is 0 Å². The minimum absolute atomic E-state index is 0.0943. The predicted octanol–water partition coefficient (Wildman–Crippen LogP) is 1.07. The summed E-state index contributed by atoms with van der Waals surface area (Å²) in [5, 5.41) is 2.93. The van der Waals surface area contributed by atoms with Gasteiger partial charge in [0.25, 0.3) is 0 Å². The van der Waals surface area contributed by atoms with Crippen molar-refractivity contribution in [3.05, 3.63) is 24.2 Å². The van der Waals surface area contributed by atoms with Gasteiger partial charge in [0.1, 0.15) is 5.76 Å². The third-order valence-electron chi connectivity index (χ3n) is 3.04. The summed E-state index contributed by atoms with van der Waals surface area (Å²) in [5.41, 5.74) is 5.67. The molecule has 1 saturated carbocycles. The number of hydrogen-bond acceptors (Lipinski definition) is 3. The zero-order valence-corrected chi connectivity index (χ0v) is 9.32. The van der Waals surface area contributed by atoms with Crippen molar-refractivity contribution in [3.63, 3.8) is 0 Å². The van der Waals surface area contributed by atoms with Crippen molar-refractivity contribution in [1.82, 2.24) is 5.32 Å². The lowest BCUT2D eigenvalue weighted by atomic mass is 9.81. The van der Waals surface area contributed by atoms with Crippen LogP contribution in [0.1, 0.15) is 25.0 Å². The Bertz CT molecular complexity index is 329. The van der Waals surface area contributed by atoms with Crippen LogP contribution in [0.3, 0.4) is 0 Å². The molecule has 0 radical (unpaired) electrons. The van der Waals surface area contributed by atoms with E-state index in [0.29, 0.717) is 24.8 Å². The third-order valence-corrected chi connectivity index (χ3v) is 3.04. The topological polar surface area (TPSA) is 68.3 Å². The average molecular weight is 222 g/mol. The highest BCUT2D eigenvalue weighted by atomic mass is 16.3. The van der Waals surface area contributed by atoms with Crippen LogP contribution in [0.2, 0.25) is 0 Å². The van der Waals surface area contributed by atoms with Crippen LogP contribution in [0.25, 0.3) is 0 Å². The van der Waals surface area contributed by atoms with E-state index in [1.165, 1.54) is 0 Å². The zero-order chi connectivity index (χ0) is 11.4. The van der Waals surface area contributed by atoms with E-state index in [9.17, 15) is 4.79 Å². The van der Waals surface area contributed by atoms with Gasteiger partial charge >= 0.3 is 0 Å². The van der Waals surface area contributed by atoms with Crippen molar-refractivity contribution in [3.8, 4) is 0 Å². The van der Waals surface area contributed by atoms with Crippen LogP contribution in [0.4, 0.5) is 0 Å². The number of furan rings is 1. The van der Waals surface area contributed by atoms with E-state index >= 15 is 0 Å². The second-order valence-corrected chi connectivity index (χ2v) is 4.48. The number of carbonyl (C=O) groups excluding carboxylic acids is 1. The molecule has 1 aliphatic carbocycles. The fraction of sp³-hybridized carbons (Fsp3) is 0.583. The van der Waals surface area contributed by atoms with Gasteiger partial charge in [0.05, 0.1) is 6.26 Å². The number of nitrogens with two attached hydrogens (primary N) is 1. The van der Waals surface area contributed by atoms with Gasteiger partial charge in [-0.05, 0) is 30.9 Å². The van der Waals surface area contributed by atoms with Crippen LogP contribution in [0.15, 0.2) is 22.8 Å². The molecule has 88 valence electrons. The SMILES string of the molecule is NC1CC(CNC(=O)CCc2ccco2)C1. The van der Waals surface area contributed by atoms with Crippen LogP contribution in [-0.4, -0.2) is 18.5 Å². The van der Waals surface area contributed by atoms with E-state index in [1.807, 2.05) is 12.1 Å². The van der Waals surface area contributed by atoms with E-state index in [2.05, 4.69) is 5.32 Å². The molecule has 1 amide bonds. The average Bonchev–Trinajstić information content (AvgIpc) is 2.72. The number of amides is 1. The summed E-state index contributed by atoms with van der Waals surface area (Å²) in [5.74, 6) is 1.54. The summed E-state index contributed by atoms with van der Waals surface area (Å²) in [4.78, 5) is 11.5. The standard InChI is InChI=1S/C12H18N2O2/c13-10-6-9(7-10)8-14-12(15)4-3-11-2-1-5-16-11/h1-2,5,9-10H,3-4,6-8,13H2,(H,14,15). The molecule has 1 aromatic rings. The second kappa shape index (κ2) is 5.16. The largest absolute Gasteiger partial charge is 0.469 e. The lowest BCUT2D eigenvalue weighted by Crippen LogP contribution is -2.42. The highest BCUT2D eigenvalue weighted by molar-refractivity contribution is 5.76. The molecule has 1 heterocycles. The van der Waals surface area contributed by atoms with Gasteiger partial charge in [-0.2, -0.15) is 0 Å². The summed E-state index contributed by atoms with van der Waals surface area (Å²) >= 11 is 0. The summed E-state index contributed by atoms with van der Waals surface area (Å²) < 4.78 is 5.16. The van der Waals surface area contributed by atoms with Crippen LogP contribution < -0.4 is 11.1 Å². The molecule has 1 aromatic heterocycles. The Hall–Kier alpha value is -1.29. The van der Waals surface area contributed by atoms with Crippen molar-refractivity contribution < 1.29 is 9.21 Å². The summed E-state index contributed by atoms with van der Waals surface area (Å²) in [6, 6.07) is 4.08. The smallest absolute Gasteiger partial charge is 0.220 e. The van der Waals surface area contributed by atoms with Gasteiger partial charge in [0.15, 0.2) is 0 Å². The number of hydrogen-bond donors (Lipinski definition) is 2. The molecular formula is C12H18N2O2. The minimum atomic E-state index is 0.0943. The maximum absolute atomic E-state index is 11.5. The molecule has 2 rings (SSSR count). The number of aryl methyl sites for hydroxylation is 1. The quantitative estimate of drug-likeness (QED) is 0.783. The highest BCUT2D eigenvalue weighted by Crippen LogP contribution is 2.24. The third kappa shape index (κ3) is 3.10. The predicted molar refractivity (Wildman–Crippen MR) is 60.7 cm³/mol. The minimum Gasteiger partial charge on any atom is -0.469 e. The molecular weight excluding hydrogens is 204 g/mol. The first-order chi connectivity index (χ1) is 7.74. The fourth-order valence-corrected chi connectivity index (χ4v) is 1.99. The first-order valence-corrected chi connectivity index (χ1v) is 5.78. The molecule has 0 atom stereocenters. The fourth-order valence-electron chi connectivity index (χ4n) is 1.99. The molecule has 0 aromatic carbocycles. The Morgan fingerprint density at radius 2 is 2.38 bits per heavy atom. The number of carbonyl (C=O) groups is 1.